The van der Waals surface area contributed by atoms with Gasteiger partial charge in [0.2, 0.25) is 0 Å². The predicted octanol–water partition coefficient (Wildman–Crippen LogP) is 3.25. The molecule has 1 N–H and O–H groups in total. The Balaban J connectivity index is 2.36. The van der Waals surface area contributed by atoms with Crippen molar-refractivity contribution in [3.8, 4) is 0 Å². The van der Waals surface area contributed by atoms with Crippen LogP contribution in [0.15, 0.2) is 38.0 Å². The van der Waals surface area contributed by atoms with Crippen LogP contribution in [0.4, 0.5) is 0 Å². The first-order chi connectivity index (χ1) is 7.22. The van der Waals surface area contributed by atoms with Gasteiger partial charge in [-0.25, -0.2) is 0 Å². The van der Waals surface area contributed by atoms with E-state index in [0.29, 0.717) is 0 Å². The lowest BCUT2D eigenvalue weighted by molar-refractivity contribution is 0.439. The third-order valence-corrected chi connectivity index (χ3v) is 2.94. The molecular formula is C11H12BrNO2. The van der Waals surface area contributed by atoms with Gasteiger partial charge in [-0.1, -0.05) is 0 Å². The molecule has 0 aliphatic rings. The summed E-state index contributed by atoms with van der Waals surface area (Å²) < 4.78 is 11.5. The average molecular weight is 270 g/mol. The molecule has 2 heterocycles. The monoisotopic (exact) mass is 269 g/mol. The second-order valence-corrected chi connectivity index (χ2v) is 4.04. The molecule has 0 aliphatic carbocycles. The van der Waals surface area contributed by atoms with E-state index in [9.17, 15) is 0 Å². The standard InChI is InChI=1S/C11H12BrNO2/c1-7-3-4-9(15-7)10(13-2)8-5-6-14-11(8)12/h3-6,10,13H,1-2H3. The number of nitrogens with one attached hydrogen (secondary N) is 1. The maximum atomic E-state index is 5.59. The SMILES string of the molecule is CNC(c1ccc(C)o1)c1ccoc1Br. The fourth-order valence-electron chi connectivity index (χ4n) is 1.57. The molecule has 0 saturated carbocycles. The fourth-order valence-corrected chi connectivity index (χ4v) is 2.04. The number of hydrogen-bond acceptors (Lipinski definition) is 3. The van der Waals surface area contributed by atoms with E-state index < -0.39 is 0 Å². The second-order valence-electron chi connectivity index (χ2n) is 3.32. The molecule has 0 fully saturated rings. The lowest BCUT2D eigenvalue weighted by atomic mass is 10.1. The normalized spacial score (nSPS) is 13.0. The van der Waals surface area contributed by atoms with Gasteiger partial charge >= 0.3 is 0 Å². The lowest BCUT2D eigenvalue weighted by Crippen LogP contribution is -2.16. The maximum Gasteiger partial charge on any atom is 0.174 e. The van der Waals surface area contributed by atoms with Gasteiger partial charge in [0.1, 0.15) is 11.5 Å². The van der Waals surface area contributed by atoms with E-state index in [1.54, 1.807) is 6.26 Å². The predicted molar refractivity (Wildman–Crippen MR) is 60.8 cm³/mol. The molecule has 4 heteroatoms. The molecule has 0 amide bonds. The van der Waals surface area contributed by atoms with E-state index in [-0.39, 0.29) is 6.04 Å². The van der Waals surface area contributed by atoms with Crippen molar-refractivity contribution >= 4 is 15.9 Å². The van der Waals surface area contributed by atoms with Gasteiger partial charge in [-0.15, -0.1) is 0 Å². The minimum atomic E-state index is 0.0202. The van der Waals surface area contributed by atoms with E-state index in [4.69, 9.17) is 8.83 Å². The van der Waals surface area contributed by atoms with Crippen LogP contribution in [0.2, 0.25) is 0 Å². The van der Waals surface area contributed by atoms with E-state index in [2.05, 4.69) is 21.2 Å². The first kappa shape index (κ1) is 10.5. The summed E-state index contributed by atoms with van der Waals surface area (Å²) in [7, 11) is 1.89. The molecule has 3 nitrogen and oxygen atoms in total. The number of furan rings is 2. The van der Waals surface area contributed by atoms with E-state index >= 15 is 0 Å². The summed E-state index contributed by atoms with van der Waals surface area (Å²) in [5.41, 5.74) is 1.03. The molecule has 2 rings (SSSR count). The van der Waals surface area contributed by atoms with Gasteiger partial charge < -0.3 is 14.2 Å². The molecule has 1 atom stereocenters. The summed E-state index contributed by atoms with van der Waals surface area (Å²) in [5, 5.41) is 3.19. The maximum absolute atomic E-state index is 5.59. The molecule has 80 valence electrons. The number of rotatable bonds is 3. The zero-order valence-corrected chi connectivity index (χ0v) is 10.2. The van der Waals surface area contributed by atoms with Crippen LogP contribution in [-0.2, 0) is 0 Å². The first-order valence-corrected chi connectivity index (χ1v) is 5.48. The molecule has 0 radical (unpaired) electrons. The van der Waals surface area contributed by atoms with Crippen molar-refractivity contribution in [1.29, 1.82) is 0 Å². The molecule has 0 aromatic carbocycles. The zero-order valence-electron chi connectivity index (χ0n) is 8.58. The van der Waals surface area contributed by atoms with Crippen molar-refractivity contribution in [3.05, 3.63) is 46.2 Å². The van der Waals surface area contributed by atoms with Crippen molar-refractivity contribution in [2.24, 2.45) is 0 Å². The minimum absolute atomic E-state index is 0.0202. The molecule has 0 spiro atoms. The third kappa shape index (κ3) is 2.01. The van der Waals surface area contributed by atoms with E-state index in [1.165, 1.54) is 0 Å². The number of hydrogen-bond donors (Lipinski definition) is 1. The first-order valence-electron chi connectivity index (χ1n) is 4.69. The quantitative estimate of drug-likeness (QED) is 0.930. The highest BCUT2D eigenvalue weighted by atomic mass is 79.9. The van der Waals surface area contributed by atoms with E-state index in [1.807, 2.05) is 32.2 Å². The molecule has 2 aromatic rings. The molecule has 2 aromatic heterocycles. The Bertz CT molecular complexity index is 447. The molecule has 0 saturated heterocycles. The molecule has 1 unspecified atom stereocenters. The topological polar surface area (TPSA) is 38.3 Å². The highest BCUT2D eigenvalue weighted by Crippen LogP contribution is 2.30. The van der Waals surface area contributed by atoms with E-state index in [0.717, 1.165) is 21.8 Å². The fraction of sp³-hybridized carbons (Fsp3) is 0.273. The van der Waals surface area contributed by atoms with Crippen LogP contribution >= 0.6 is 15.9 Å². The Morgan fingerprint density at radius 3 is 2.60 bits per heavy atom. The van der Waals surface area contributed by atoms with Crippen molar-refractivity contribution in [2.45, 2.75) is 13.0 Å². The Hall–Kier alpha value is -1.00. The molecular weight excluding hydrogens is 258 g/mol. The van der Waals surface area contributed by atoms with Gasteiger partial charge in [0.15, 0.2) is 4.67 Å². The highest BCUT2D eigenvalue weighted by Gasteiger charge is 2.19. The summed E-state index contributed by atoms with van der Waals surface area (Å²) in [4.78, 5) is 0. The van der Waals surface area contributed by atoms with Crippen LogP contribution in [0, 0.1) is 6.92 Å². The van der Waals surface area contributed by atoms with Gasteiger partial charge in [-0.2, -0.15) is 0 Å². The van der Waals surface area contributed by atoms with Crippen molar-refractivity contribution in [3.63, 3.8) is 0 Å². The van der Waals surface area contributed by atoms with Crippen molar-refractivity contribution < 1.29 is 8.83 Å². The van der Waals surface area contributed by atoms with Crippen LogP contribution in [0.25, 0.3) is 0 Å². The van der Waals surface area contributed by atoms with Gasteiger partial charge in [0, 0.05) is 5.56 Å². The Kier molecular flexibility index (Phi) is 2.98. The van der Waals surface area contributed by atoms with Crippen LogP contribution in [0.3, 0.4) is 0 Å². The van der Waals surface area contributed by atoms with Gasteiger partial charge in [0.05, 0.1) is 12.3 Å². The summed E-state index contributed by atoms with van der Waals surface area (Å²) >= 11 is 3.36. The largest absolute Gasteiger partial charge is 0.464 e. The van der Waals surface area contributed by atoms with Gasteiger partial charge in [-0.3, -0.25) is 0 Å². The lowest BCUT2D eigenvalue weighted by Gasteiger charge is -2.11. The van der Waals surface area contributed by atoms with Crippen LogP contribution in [0.5, 0.6) is 0 Å². The molecule has 0 aliphatic heterocycles. The second kappa shape index (κ2) is 4.24. The average Bonchev–Trinajstić information content (AvgIpc) is 2.79. The summed E-state index contributed by atoms with van der Waals surface area (Å²) in [5.74, 6) is 1.79. The van der Waals surface area contributed by atoms with Crippen LogP contribution in [-0.4, -0.2) is 7.05 Å². The Morgan fingerprint density at radius 2 is 2.13 bits per heavy atom. The van der Waals surface area contributed by atoms with Crippen molar-refractivity contribution in [1.82, 2.24) is 5.32 Å². The smallest absolute Gasteiger partial charge is 0.174 e. The zero-order chi connectivity index (χ0) is 10.8. The third-order valence-electron chi connectivity index (χ3n) is 2.29. The summed E-state index contributed by atoms with van der Waals surface area (Å²) in [6, 6.07) is 5.86. The minimum Gasteiger partial charge on any atom is -0.464 e. The molecule has 0 bridgehead atoms. The highest BCUT2D eigenvalue weighted by molar-refractivity contribution is 9.10. The summed E-state index contributed by atoms with van der Waals surface area (Å²) in [6.07, 6.45) is 1.65. The molecule has 15 heavy (non-hydrogen) atoms. The van der Waals surface area contributed by atoms with Crippen LogP contribution < -0.4 is 5.32 Å². The Morgan fingerprint density at radius 1 is 1.33 bits per heavy atom. The van der Waals surface area contributed by atoms with Gasteiger partial charge in [-0.05, 0) is 48.1 Å². The number of halogens is 1. The number of aryl methyl sites for hydroxylation is 1. The van der Waals surface area contributed by atoms with Crippen LogP contribution in [0.1, 0.15) is 23.1 Å². The summed E-state index contributed by atoms with van der Waals surface area (Å²) in [6.45, 7) is 1.93. The Labute approximate surface area is 96.6 Å². The van der Waals surface area contributed by atoms with Crippen molar-refractivity contribution in [2.75, 3.05) is 7.05 Å². The van der Waals surface area contributed by atoms with Gasteiger partial charge in [0.25, 0.3) is 0 Å².